The number of hydrogen-bond acceptors (Lipinski definition) is 3. The van der Waals surface area contributed by atoms with Crippen LogP contribution < -0.4 is 0 Å². The van der Waals surface area contributed by atoms with Gasteiger partial charge in [-0.2, -0.15) is 0 Å². The van der Waals surface area contributed by atoms with Gasteiger partial charge in [0.25, 0.3) is 0 Å². The molecule has 0 heterocycles. The first-order valence-electron chi connectivity index (χ1n) is 4.61. The molecule has 0 saturated carbocycles. The molecule has 0 bridgehead atoms. The number of aliphatic hydroxyl groups excluding tert-OH is 1. The minimum absolute atomic E-state index is 0.00111. The van der Waals surface area contributed by atoms with Gasteiger partial charge in [0.2, 0.25) is 5.85 Å². The molecule has 0 aliphatic heterocycles. The number of aliphatic hydroxyl groups is 1. The Bertz CT molecular complexity index is 265. The quantitative estimate of drug-likeness (QED) is 0.711. The van der Waals surface area contributed by atoms with Gasteiger partial charge in [-0.15, -0.1) is 0 Å². The lowest BCUT2D eigenvalue weighted by molar-refractivity contribution is -0.157. The van der Waals surface area contributed by atoms with Crippen molar-refractivity contribution < 1.29 is 23.4 Å². The van der Waals surface area contributed by atoms with Gasteiger partial charge in [0, 0.05) is 7.11 Å². The summed E-state index contributed by atoms with van der Waals surface area (Å²) in [7, 11) is 1.45. The number of alkyl halides is 1. The Kier molecular flexibility index (Phi) is 4.38. The highest BCUT2D eigenvalue weighted by molar-refractivity contribution is 5.23. The Labute approximate surface area is 87.0 Å². The van der Waals surface area contributed by atoms with Crippen molar-refractivity contribution in [2.45, 2.75) is 5.85 Å². The predicted molar refractivity (Wildman–Crippen MR) is 50.6 cm³/mol. The molecule has 1 rings (SSSR count). The summed E-state index contributed by atoms with van der Waals surface area (Å²) in [6.07, 6.45) is 3.43. The second-order valence-electron chi connectivity index (χ2n) is 3.18. The standard InChI is InChI=1S/C10H14F2O3/c1-14-5-6-15-10(12)4-2-3-9(11)8(10)7-13/h2-4,8,13H,5-7H2,1H3. The van der Waals surface area contributed by atoms with Gasteiger partial charge in [0.1, 0.15) is 5.83 Å². The summed E-state index contributed by atoms with van der Waals surface area (Å²) in [6.45, 7) is -0.430. The average Bonchev–Trinajstić information content (AvgIpc) is 2.18. The van der Waals surface area contributed by atoms with Crippen molar-refractivity contribution in [3.63, 3.8) is 0 Å². The van der Waals surface area contributed by atoms with Gasteiger partial charge >= 0.3 is 0 Å². The fourth-order valence-corrected chi connectivity index (χ4v) is 1.33. The van der Waals surface area contributed by atoms with E-state index in [0.717, 1.165) is 12.2 Å². The Morgan fingerprint density at radius 1 is 1.53 bits per heavy atom. The first-order valence-corrected chi connectivity index (χ1v) is 4.61. The van der Waals surface area contributed by atoms with Crippen LogP contribution in [-0.2, 0) is 9.47 Å². The van der Waals surface area contributed by atoms with E-state index in [4.69, 9.17) is 9.84 Å². The molecule has 15 heavy (non-hydrogen) atoms. The zero-order chi connectivity index (χ0) is 11.3. The number of methoxy groups -OCH3 is 1. The molecule has 1 aliphatic carbocycles. The molecule has 2 unspecified atom stereocenters. The number of allylic oxidation sites excluding steroid dienone is 2. The molecule has 1 N–H and O–H groups in total. The van der Waals surface area contributed by atoms with E-state index in [0.29, 0.717) is 0 Å². The Morgan fingerprint density at radius 2 is 2.27 bits per heavy atom. The van der Waals surface area contributed by atoms with Crippen molar-refractivity contribution in [1.82, 2.24) is 0 Å². The normalized spacial score (nSPS) is 30.4. The predicted octanol–water partition coefficient (Wildman–Crippen LogP) is 1.35. The second-order valence-corrected chi connectivity index (χ2v) is 3.18. The van der Waals surface area contributed by atoms with Crippen LogP contribution in [0.15, 0.2) is 24.1 Å². The van der Waals surface area contributed by atoms with Crippen LogP contribution in [0.4, 0.5) is 8.78 Å². The number of ether oxygens (including phenoxy) is 2. The van der Waals surface area contributed by atoms with Gasteiger partial charge in [-0.05, 0) is 12.2 Å². The molecule has 0 spiro atoms. The first kappa shape index (κ1) is 12.3. The van der Waals surface area contributed by atoms with Crippen LogP contribution in [0.25, 0.3) is 0 Å². The monoisotopic (exact) mass is 220 g/mol. The first-order chi connectivity index (χ1) is 7.14. The lowest BCUT2D eigenvalue weighted by atomic mass is 9.94. The molecule has 1 aliphatic rings. The summed E-state index contributed by atoms with van der Waals surface area (Å²) in [4.78, 5) is 0. The smallest absolute Gasteiger partial charge is 0.240 e. The number of halogens is 2. The molecule has 3 nitrogen and oxygen atoms in total. The van der Waals surface area contributed by atoms with Gasteiger partial charge in [-0.3, -0.25) is 0 Å². The van der Waals surface area contributed by atoms with E-state index in [1.54, 1.807) is 0 Å². The lowest BCUT2D eigenvalue weighted by Gasteiger charge is -2.30. The van der Waals surface area contributed by atoms with E-state index in [-0.39, 0.29) is 13.2 Å². The third-order valence-corrected chi connectivity index (χ3v) is 2.18. The van der Waals surface area contributed by atoms with E-state index in [2.05, 4.69) is 4.74 Å². The van der Waals surface area contributed by atoms with E-state index >= 15 is 0 Å². The summed E-state index contributed by atoms with van der Waals surface area (Å²) < 4.78 is 36.7. The van der Waals surface area contributed by atoms with Crippen molar-refractivity contribution in [3.8, 4) is 0 Å². The summed E-state index contributed by atoms with van der Waals surface area (Å²) in [5.74, 6) is -4.30. The maximum absolute atomic E-state index is 14.0. The molecule has 0 saturated heterocycles. The molecular formula is C10H14F2O3. The number of rotatable bonds is 5. The molecule has 0 amide bonds. The topological polar surface area (TPSA) is 38.7 Å². The molecule has 0 aromatic rings. The summed E-state index contributed by atoms with van der Waals surface area (Å²) >= 11 is 0. The van der Waals surface area contributed by atoms with Gasteiger partial charge < -0.3 is 14.6 Å². The van der Waals surface area contributed by atoms with E-state index in [1.165, 1.54) is 13.2 Å². The Balaban J connectivity index is 2.65. The molecule has 2 atom stereocenters. The van der Waals surface area contributed by atoms with Crippen LogP contribution in [-0.4, -0.2) is 37.9 Å². The van der Waals surface area contributed by atoms with Gasteiger partial charge in [-0.25, -0.2) is 8.78 Å². The maximum Gasteiger partial charge on any atom is 0.240 e. The zero-order valence-electron chi connectivity index (χ0n) is 8.45. The minimum Gasteiger partial charge on any atom is -0.395 e. The molecule has 5 heteroatoms. The van der Waals surface area contributed by atoms with E-state index < -0.39 is 24.2 Å². The summed E-state index contributed by atoms with van der Waals surface area (Å²) in [6, 6.07) is 0. The summed E-state index contributed by atoms with van der Waals surface area (Å²) in [5.41, 5.74) is 0. The lowest BCUT2D eigenvalue weighted by Crippen LogP contribution is -2.39. The number of hydrogen-bond donors (Lipinski definition) is 1. The molecule has 0 radical (unpaired) electrons. The fourth-order valence-electron chi connectivity index (χ4n) is 1.33. The van der Waals surface area contributed by atoms with E-state index in [9.17, 15) is 8.78 Å². The second kappa shape index (κ2) is 5.34. The van der Waals surface area contributed by atoms with Crippen LogP contribution in [0.1, 0.15) is 0 Å². The third-order valence-electron chi connectivity index (χ3n) is 2.18. The van der Waals surface area contributed by atoms with Crippen molar-refractivity contribution in [2.75, 3.05) is 26.9 Å². The summed E-state index contributed by atoms with van der Waals surface area (Å²) in [5, 5.41) is 8.89. The largest absolute Gasteiger partial charge is 0.395 e. The van der Waals surface area contributed by atoms with Crippen molar-refractivity contribution in [1.29, 1.82) is 0 Å². The zero-order valence-corrected chi connectivity index (χ0v) is 8.45. The fraction of sp³-hybridized carbons (Fsp3) is 0.600. The minimum atomic E-state index is -2.29. The highest BCUT2D eigenvalue weighted by Gasteiger charge is 2.42. The maximum atomic E-state index is 14.0. The molecular weight excluding hydrogens is 206 g/mol. The van der Waals surface area contributed by atoms with Crippen LogP contribution in [0, 0.1) is 5.92 Å². The van der Waals surface area contributed by atoms with Gasteiger partial charge in [0.15, 0.2) is 0 Å². The Hall–Kier alpha value is -0.780. The van der Waals surface area contributed by atoms with Crippen LogP contribution >= 0.6 is 0 Å². The highest BCUT2D eigenvalue weighted by atomic mass is 19.2. The van der Waals surface area contributed by atoms with Gasteiger partial charge in [0.05, 0.1) is 25.7 Å². The molecule has 0 aromatic carbocycles. The van der Waals surface area contributed by atoms with Gasteiger partial charge in [-0.1, -0.05) is 6.08 Å². The van der Waals surface area contributed by atoms with Crippen molar-refractivity contribution >= 4 is 0 Å². The highest BCUT2D eigenvalue weighted by Crippen LogP contribution is 2.35. The Morgan fingerprint density at radius 3 is 2.87 bits per heavy atom. The van der Waals surface area contributed by atoms with Crippen LogP contribution in [0.2, 0.25) is 0 Å². The van der Waals surface area contributed by atoms with Crippen LogP contribution in [0.5, 0.6) is 0 Å². The molecule has 0 aromatic heterocycles. The average molecular weight is 220 g/mol. The van der Waals surface area contributed by atoms with E-state index in [1.807, 2.05) is 0 Å². The SMILES string of the molecule is COCCOC1(F)C=CC=C(F)C1CO. The van der Waals surface area contributed by atoms with Crippen molar-refractivity contribution in [3.05, 3.63) is 24.1 Å². The molecule has 0 fully saturated rings. The van der Waals surface area contributed by atoms with Crippen molar-refractivity contribution in [2.24, 2.45) is 5.92 Å². The molecule has 86 valence electrons. The third kappa shape index (κ3) is 2.84. The van der Waals surface area contributed by atoms with Crippen LogP contribution in [0.3, 0.4) is 0 Å².